The van der Waals surface area contributed by atoms with Crippen molar-refractivity contribution in [1.82, 2.24) is 19.8 Å². The minimum Gasteiger partial charge on any atom is -0.366 e. The monoisotopic (exact) mass is 546 g/mol. The fourth-order valence-electron chi connectivity index (χ4n) is 5.51. The maximum Gasteiger partial charge on any atom is 0.274 e. The van der Waals surface area contributed by atoms with Crippen LogP contribution in [0, 0.1) is 6.92 Å². The Morgan fingerprint density at radius 3 is 2.46 bits per heavy atom. The number of primary amides is 1. The summed E-state index contributed by atoms with van der Waals surface area (Å²) < 4.78 is 0. The summed E-state index contributed by atoms with van der Waals surface area (Å²) in [6, 6.07) is 20.1. The van der Waals surface area contributed by atoms with E-state index in [-0.39, 0.29) is 11.8 Å². The van der Waals surface area contributed by atoms with Crippen LogP contribution in [0.4, 0.5) is 5.69 Å². The average Bonchev–Trinajstić information content (AvgIpc) is 3.37. The molecular weight excluding hydrogens is 516 g/mol. The summed E-state index contributed by atoms with van der Waals surface area (Å²) >= 11 is 0. The van der Waals surface area contributed by atoms with Crippen LogP contribution in [0.5, 0.6) is 0 Å². The third-order valence-electron chi connectivity index (χ3n) is 7.83. The number of aromatic amines is 1. The van der Waals surface area contributed by atoms with E-state index in [4.69, 9.17) is 5.73 Å². The lowest BCUT2D eigenvalue weighted by Gasteiger charge is -2.32. The molecular formula is C32H30N6O3. The molecule has 0 bridgehead atoms. The first-order valence-corrected chi connectivity index (χ1v) is 13.5. The predicted molar refractivity (Wildman–Crippen MR) is 160 cm³/mol. The van der Waals surface area contributed by atoms with Crippen LogP contribution in [0.25, 0.3) is 32.9 Å². The van der Waals surface area contributed by atoms with Crippen molar-refractivity contribution in [2.45, 2.75) is 6.92 Å². The van der Waals surface area contributed by atoms with Gasteiger partial charge in [-0.3, -0.25) is 19.4 Å². The summed E-state index contributed by atoms with van der Waals surface area (Å²) in [6.07, 6.45) is 1.58. The molecule has 1 aliphatic rings. The van der Waals surface area contributed by atoms with Gasteiger partial charge in [0.2, 0.25) is 0 Å². The molecule has 1 aliphatic heterocycles. The SMILES string of the molecule is Cc1c(NC(=O)c2ccccn2)cccc1-c1ccc(C(N)=O)c2[nH]c3ccc(C(=O)N4CCN(C)CC4)cc3c12. The van der Waals surface area contributed by atoms with E-state index in [1.165, 1.54) is 0 Å². The Bertz CT molecular complexity index is 1820. The molecule has 206 valence electrons. The number of H-pyrrole nitrogens is 1. The number of nitrogens with two attached hydrogens (primary N) is 1. The normalized spacial score (nSPS) is 14.0. The molecule has 1 saturated heterocycles. The van der Waals surface area contributed by atoms with Gasteiger partial charge in [-0.05, 0) is 73.1 Å². The first-order chi connectivity index (χ1) is 19.8. The van der Waals surface area contributed by atoms with Crippen molar-refractivity contribution < 1.29 is 14.4 Å². The molecule has 0 saturated carbocycles. The number of piperazine rings is 1. The van der Waals surface area contributed by atoms with Crippen molar-refractivity contribution in [3.63, 3.8) is 0 Å². The first-order valence-electron chi connectivity index (χ1n) is 13.5. The van der Waals surface area contributed by atoms with E-state index >= 15 is 0 Å². The van der Waals surface area contributed by atoms with Gasteiger partial charge in [0.15, 0.2) is 0 Å². The number of likely N-dealkylation sites (N-methyl/N-ethyl adjacent to an activating group) is 1. The number of aromatic nitrogens is 2. The molecule has 0 aliphatic carbocycles. The molecule has 3 amide bonds. The van der Waals surface area contributed by atoms with E-state index in [1.807, 2.05) is 54.3 Å². The standard InChI is InChI=1S/C32H30N6O3/c1-19-21(6-5-8-25(19)36-31(40)27-7-3-4-13-34-27)22-10-11-23(30(33)39)29-28(22)24-18-20(9-12-26(24)35-29)32(41)38-16-14-37(2)15-17-38/h3-13,18,35H,14-17H2,1-2H3,(H2,33,39)(H,36,40). The average molecular weight is 547 g/mol. The summed E-state index contributed by atoms with van der Waals surface area (Å²) in [5, 5.41) is 4.58. The van der Waals surface area contributed by atoms with Crippen LogP contribution in [0.2, 0.25) is 0 Å². The summed E-state index contributed by atoms with van der Waals surface area (Å²) in [6.45, 7) is 4.96. The van der Waals surface area contributed by atoms with Crippen molar-refractivity contribution >= 4 is 45.2 Å². The van der Waals surface area contributed by atoms with Crippen LogP contribution < -0.4 is 11.1 Å². The van der Waals surface area contributed by atoms with E-state index in [0.717, 1.165) is 46.1 Å². The lowest BCUT2D eigenvalue weighted by Crippen LogP contribution is -2.47. The molecule has 2 aromatic heterocycles. The zero-order valence-electron chi connectivity index (χ0n) is 22.9. The van der Waals surface area contributed by atoms with Crippen molar-refractivity contribution in [3.8, 4) is 11.1 Å². The lowest BCUT2D eigenvalue weighted by atomic mass is 9.93. The number of anilines is 1. The molecule has 9 heteroatoms. The highest BCUT2D eigenvalue weighted by atomic mass is 16.2. The fraction of sp³-hybridized carbons (Fsp3) is 0.188. The third kappa shape index (κ3) is 4.81. The fourth-order valence-corrected chi connectivity index (χ4v) is 5.51. The predicted octanol–water partition coefficient (Wildman–Crippen LogP) is 4.43. The highest BCUT2D eigenvalue weighted by molar-refractivity contribution is 6.21. The highest BCUT2D eigenvalue weighted by Gasteiger charge is 2.23. The number of pyridine rings is 1. The molecule has 3 heterocycles. The van der Waals surface area contributed by atoms with E-state index in [2.05, 4.69) is 27.2 Å². The second-order valence-corrected chi connectivity index (χ2v) is 10.4. The van der Waals surface area contributed by atoms with Gasteiger partial charge in [-0.1, -0.05) is 24.3 Å². The molecule has 5 aromatic rings. The molecule has 0 atom stereocenters. The van der Waals surface area contributed by atoms with Crippen LogP contribution in [0.15, 0.2) is 72.9 Å². The van der Waals surface area contributed by atoms with Gasteiger partial charge in [0, 0.05) is 59.9 Å². The summed E-state index contributed by atoms with van der Waals surface area (Å²) in [7, 11) is 2.05. The Kier molecular flexibility index (Phi) is 6.72. The number of rotatable bonds is 5. The molecule has 0 unspecified atom stereocenters. The van der Waals surface area contributed by atoms with Crippen molar-refractivity contribution in [1.29, 1.82) is 0 Å². The summed E-state index contributed by atoms with van der Waals surface area (Å²) in [5.41, 5.74) is 11.7. The van der Waals surface area contributed by atoms with Gasteiger partial charge in [0.25, 0.3) is 17.7 Å². The lowest BCUT2D eigenvalue weighted by molar-refractivity contribution is 0.0664. The number of nitrogens with one attached hydrogen (secondary N) is 2. The minimum absolute atomic E-state index is 0.0163. The summed E-state index contributed by atoms with van der Waals surface area (Å²) in [4.78, 5) is 50.3. The van der Waals surface area contributed by atoms with Crippen LogP contribution in [-0.2, 0) is 0 Å². The number of benzene rings is 3. The van der Waals surface area contributed by atoms with E-state index in [0.29, 0.717) is 41.1 Å². The molecule has 41 heavy (non-hydrogen) atoms. The Morgan fingerprint density at radius 1 is 0.927 bits per heavy atom. The molecule has 4 N–H and O–H groups in total. The zero-order chi connectivity index (χ0) is 28.7. The van der Waals surface area contributed by atoms with Crippen molar-refractivity contribution in [3.05, 3.63) is 95.3 Å². The Morgan fingerprint density at radius 2 is 1.73 bits per heavy atom. The van der Waals surface area contributed by atoms with Crippen molar-refractivity contribution in [2.75, 3.05) is 38.5 Å². The van der Waals surface area contributed by atoms with E-state index in [9.17, 15) is 14.4 Å². The Hall–Kier alpha value is -5.02. The zero-order valence-corrected chi connectivity index (χ0v) is 22.9. The van der Waals surface area contributed by atoms with Crippen LogP contribution in [0.1, 0.15) is 36.8 Å². The number of carbonyl (C=O) groups is 3. The molecule has 1 fully saturated rings. The highest BCUT2D eigenvalue weighted by Crippen LogP contribution is 2.39. The van der Waals surface area contributed by atoms with Crippen LogP contribution in [-0.4, -0.2) is 70.7 Å². The second-order valence-electron chi connectivity index (χ2n) is 10.4. The largest absolute Gasteiger partial charge is 0.366 e. The number of nitrogens with zero attached hydrogens (tertiary/aromatic N) is 3. The van der Waals surface area contributed by atoms with Crippen LogP contribution in [0.3, 0.4) is 0 Å². The number of amides is 3. The number of carbonyl (C=O) groups excluding carboxylic acids is 3. The molecule has 0 radical (unpaired) electrons. The number of hydrogen-bond donors (Lipinski definition) is 3. The number of fused-ring (bicyclic) bond motifs is 3. The quantitative estimate of drug-likeness (QED) is 0.301. The molecule has 3 aromatic carbocycles. The van der Waals surface area contributed by atoms with Gasteiger partial charge in [-0.2, -0.15) is 0 Å². The van der Waals surface area contributed by atoms with Gasteiger partial charge in [0.05, 0.1) is 11.1 Å². The van der Waals surface area contributed by atoms with E-state index < -0.39 is 5.91 Å². The third-order valence-corrected chi connectivity index (χ3v) is 7.83. The maximum atomic E-state index is 13.4. The Balaban J connectivity index is 1.48. The van der Waals surface area contributed by atoms with Gasteiger partial charge in [0.1, 0.15) is 5.69 Å². The molecule has 6 rings (SSSR count). The Labute approximate surface area is 237 Å². The van der Waals surface area contributed by atoms with Gasteiger partial charge < -0.3 is 25.8 Å². The van der Waals surface area contributed by atoms with Gasteiger partial charge in [-0.25, -0.2) is 0 Å². The minimum atomic E-state index is -0.546. The van der Waals surface area contributed by atoms with Crippen LogP contribution >= 0.6 is 0 Å². The second kappa shape index (κ2) is 10.5. The topological polar surface area (TPSA) is 124 Å². The molecule has 9 nitrogen and oxygen atoms in total. The summed E-state index contributed by atoms with van der Waals surface area (Å²) in [5.74, 6) is -0.869. The number of hydrogen-bond acceptors (Lipinski definition) is 5. The van der Waals surface area contributed by atoms with E-state index in [1.54, 1.807) is 30.5 Å². The van der Waals surface area contributed by atoms with Gasteiger partial charge >= 0.3 is 0 Å². The molecule has 0 spiro atoms. The smallest absolute Gasteiger partial charge is 0.274 e. The first kappa shape index (κ1) is 26.2. The maximum absolute atomic E-state index is 13.4. The van der Waals surface area contributed by atoms with Crippen molar-refractivity contribution in [2.24, 2.45) is 5.73 Å². The van der Waals surface area contributed by atoms with Gasteiger partial charge in [-0.15, -0.1) is 0 Å².